The van der Waals surface area contributed by atoms with Crippen molar-refractivity contribution in [2.45, 2.75) is 11.8 Å². The summed E-state index contributed by atoms with van der Waals surface area (Å²) >= 11 is 2.92. The molecule has 0 saturated carbocycles. The Balaban J connectivity index is 1.77. The van der Waals surface area contributed by atoms with Gasteiger partial charge in [0.15, 0.2) is 0 Å². The van der Waals surface area contributed by atoms with Gasteiger partial charge in [-0.05, 0) is 24.6 Å². The maximum atomic E-state index is 12.3. The van der Waals surface area contributed by atoms with E-state index in [1.165, 1.54) is 23.1 Å². The van der Waals surface area contributed by atoms with Crippen LogP contribution in [0.4, 0.5) is 5.00 Å². The highest BCUT2D eigenvalue weighted by molar-refractivity contribution is 8.00. The second kappa shape index (κ2) is 8.02. The molecule has 0 bridgehead atoms. The maximum absolute atomic E-state index is 12.3. The van der Waals surface area contributed by atoms with E-state index in [9.17, 15) is 10.1 Å². The van der Waals surface area contributed by atoms with Crippen LogP contribution in [-0.2, 0) is 4.79 Å². The molecule has 5 heteroatoms. The summed E-state index contributed by atoms with van der Waals surface area (Å²) in [5.74, 6) is 0.207. The molecule has 2 aromatic carbocycles. The van der Waals surface area contributed by atoms with Gasteiger partial charge in [0.1, 0.15) is 11.1 Å². The quantitative estimate of drug-likeness (QED) is 0.623. The van der Waals surface area contributed by atoms with Crippen molar-refractivity contribution in [2.24, 2.45) is 0 Å². The highest BCUT2D eigenvalue weighted by atomic mass is 32.2. The van der Waals surface area contributed by atoms with Gasteiger partial charge in [-0.2, -0.15) is 5.26 Å². The lowest BCUT2D eigenvalue weighted by atomic mass is 10.0. The van der Waals surface area contributed by atoms with Crippen LogP contribution in [-0.4, -0.2) is 11.7 Å². The number of rotatable bonds is 5. The number of carbonyl (C=O) groups is 1. The summed E-state index contributed by atoms with van der Waals surface area (Å²) in [7, 11) is 0. The van der Waals surface area contributed by atoms with E-state index in [4.69, 9.17) is 0 Å². The minimum absolute atomic E-state index is 0.105. The number of thiophene rings is 1. The van der Waals surface area contributed by atoms with Gasteiger partial charge >= 0.3 is 0 Å². The van der Waals surface area contributed by atoms with E-state index < -0.39 is 0 Å². The van der Waals surface area contributed by atoms with Crippen LogP contribution in [0.15, 0.2) is 65.6 Å². The third-order valence-electron chi connectivity index (χ3n) is 3.62. The zero-order chi connectivity index (χ0) is 17.6. The van der Waals surface area contributed by atoms with Crippen LogP contribution in [0, 0.1) is 18.3 Å². The van der Waals surface area contributed by atoms with Gasteiger partial charge in [-0.1, -0.05) is 48.5 Å². The smallest absolute Gasteiger partial charge is 0.235 e. The number of benzene rings is 2. The summed E-state index contributed by atoms with van der Waals surface area (Å²) in [6, 6.07) is 21.8. The van der Waals surface area contributed by atoms with Crippen LogP contribution >= 0.6 is 23.1 Å². The zero-order valence-corrected chi connectivity index (χ0v) is 15.3. The van der Waals surface area contributed by atoms with Gasteiger partial charge in [0.2, 0.25) is 5.91 Å². The number of aryl methyl sites for hydroxylation is 1. The number of nitrogens with one attached hydrogen (secondary N) is 1. The molecule has 0 fully saturated rings. The highest BCUT2D eigenvalue weighted by Crippen LogP contribution is 2.39. The Morgan fingerprint density at radius 2 is 1.76 bits per heavy atom. The molecule has 25 heavy (non-hydrogen) atoms. The van der Waals surface area contributed by atoms with Gasteiger partial charge in [0.05, 0.1) is 11.3 Å². The van der Waals surface area contributed by atoms with Crippen molar-refractivity contribution in [2.75, 3.05) is 11.1 Å². The summed E-state index contributed by atoms with van der Waals surface area (Å²) in [6.07, 6.45) is 0. The molecule has 0 radical (unpaired) electrons. The number of nitrogens with zero attached hydrogens (tertiary/aromatic N) is 1. The third kappa shape index (κ3) is 4.11. The number of hydrogen-bond donors (Lipinski definition) is 1. The lowest BCUT2D eigenvalue weighted by Gasteiger charge is -2.04. The summed E-state index contributed by atoms with van der Waals surface area (Å²) in [4.78, 5) is 14.3. The minimum atomic E-state index is -0.105. The van der Waals surface area contributed by atoms with Gasteiger partial charge in [-0.15, -0.1) is 23.1 Å². The number of nitriles is 1. The van der Waals surface area contributed by atoms with Crippen molar-refractivity contribution in [3.63, 3.8) is 0 Å². The number of thioether (sulfide) groups is 1. The van der Waals surface area contributed by atoms with E-state index in [0.717, 1.165) is 20.9 Å². The normalized spacial score (nSPS) is 10.2. The predicted molar refractivity (Wildman–Crippen MR) is 105 cm³/mol. The van der Waals surface area contributed by atoms with E-state index in [2.05, 4.69) is 11.4 Å². The lowest BCUT2D eigenvalue weighted by Crippen LogP contribution is -2.13. The largest absolute Gasteiger partial charge is 0.316 e. The fraction of sp³-hybridized carbons (Fsp3) is 0.100. The van der Waals surface area contributed by atoms with Gasteiger partial charge < -0.3 is 5.32 Å². The molecule has 0 aliphatic carbocycles. The van der Waals surface area contributed by atoms with Crippen LogP contribution in [0.25, 0.3) is 11.1 Å². The first-order chi connectivity index (χ1) is 12.2. The van der Waals surface area contributed by atoms with Gasteiger partial charge in [-0.25, -0.2) is 0 Å². The van der Waals surface area contributed by atoms with Crippen LogP contribution < -0.4 is 5.32 Å². The van der Waals surface area contributed by atoms with Crippen molar-refractivity contribution >= 4 is 34.0 Å². The molecule has 0 unspecified atom stereocenters. The van der Waals surface area contributed by atoms with Crippen LogP contribution in [0.3, 0.4) is 0 Å². The topological polar surface area (TPSA) is 52.9 Å². The molecule has 1 amide bonds. The Morgan fingerprint density at radius 1 is 1.12 bits per heavy atom. The molecular weight excluding hydrogens is 348 g/mol. The molecule has 0 aliphatic heterocycles. The first kappa shape index (κ1) is 17.3. The fourth-order valence-electron chi connectivity index (χ4n) is 2.52. The Bertz CT molecular complexity index is 912. The lowest BCUT2D eigenvalue weighted by molar-refractivity contribution is -0.113. The Labute approximate surface area is 155 Å². The molecule has 0 aliphatic rings. The molecule has 1 heterocycles. The van der Waals surface area contributed by atoms with E-state index in [1.807, 2.05) is 67.6 Å². The second-order valence-corrected chi connectivity index (χ2v) is 7.64. The standard InChI is InChI=1S/C20H16N2OS2/c1-14-19(15-8-4-2-5-9-15)17(12-21)20(25-14)22-18(23)13-24-16-10-6-3-7-11-16/h2-11H,13H2,1H3,(H,22,23). The SMILES string of the molecule is Cc1sc(NC(=O)CSc2ccccc2)c(C#N)c1-c1ccccc1. The first-order valence-corrected chi connectivity index (χ1v) is 9.56. The predicted octanol–water partition coefficient (Wildman–Crippen LogP) is 5.33. The summed E-state index contributed by atoms with van der Waals surface area (Å²) < 4.78 is 0. The molecule has 0 atom stereocenters. The van der Waals surface area contributed by atoms with Gasteiger partial charge in [0, 0.05) is 15.3 Å². The summed E-state index contributed by atoms with van der Waals surface area (Å²) in [6.45, 7) is 1.97. The molecule has 124 valence electrons. The van der Waals surface area contributed by atoms with Crippen LogP contribution in [0.2, 0.25) is 0 Å². The molecule has 3 nitrogen and oxygen atoms in total. The van der Waals surface area contributed by atoms with E-state index in [1.54, 1.807) is 0 Å². The second-order valence-electron chi connectivity index (χ2n) is 5.37. The van der Waals surface area contributed by atoms with Crippen molar-refractivity contribution in [3.05, 3.63) is 71.1 Å². The minimum Gasteiger partial charge on any atom is -0.316 e. The summed E-state index contributed by atoms with van der Waals surface area (Å²) in [5.41, 5.74) is 2.43. The zero-order valence-electron chi connectivity index (χ0n) is 13.7. The van der Waals surface area contributed by atoms with Crippen molar-refractivity contribution in [1.82, 2.24) is 0 Å². The van der Waals surface area contributed by atoms with Crippen LogP contribution in [0.1, 0.15) is 10.4 Å². The average molecular weight is 364 g/mol. The summed E-state index contributed by atoms with van der Waals surface area (Å²) in [5, 5.41) is 13.1. The van der Waals surface area contributed by atoms with Crippen LogP contribution in [0.5, 0.6) is 0 Å². The molecule has 3 aromatic rings. The number of amides is 1. The van der Waals surface area contributed by atoms with Gasteiger partial charge in [0.25, 0.3) is 0 Å². The molecule has 0 saturated heterocycles. The molecule has 0 spiro atoms. The Morgan fingerprint density at radius 3 is 2.40 bits per heavy atom. The number of hydrogen-bond acceptors (Lipinski definition) is 4. The molecule has 1 N–H and O–H groups in total. The van der Waals surface area contributed by atoms with E-state index >= 15 is 0 Å². The third-order valence-corrected chi connectivity index (χ3v) is 5.66. The monoisotopic (exact) mass is 364 g/mol. The highest BCUT2D eigenvalue weighted by Gasteiger charge is 2.18. The fourth-order valence-corrected chi connectivity index (χ4v) is 4.28. The van der Waals surface area contributed by atoms with E-state index in [0.29, 0.717) is 16.3 Å². The molecule has 1 aromatic heterocycles. The maximum Gasteiger partial charge on any atom is 0.235 e. The van der Waals surface area contributed by atoms with Crippen molar-refractivity contribution in [1.29, 1.82) is 5.26 Å². The number of anilines is 1. The van der Waals surface area contributed by atoms with Crippen molar-refractivity contribution in [3.8, 4) is 17.2 Å². The van der Waals surface area contributed by atoms with Gasteiger partial charge in [-0.3, -0.25) is 4.79 Å². The first-order valence-electron chi connectivity index (χ1n) is 7.75. The van der Waals surface area contributed by atoms with E-state index in [-0.39, 0.29) is 5.91 Å². The Kier molecular flexibility index (Phi) is 5.54. The average Bonchev–Trinajstić information content (AvgIpc) is 2.96. The molecule has 3 rings (SSSR count). The molecular formula is C20H16N2OS2. The Hall–Kier alpha value is -2.55. The van der Waals surface area contributed by atoms with Crippen molar-refractivity contribution < 1.29 is 4.79 Å². The number of carbonyl (C=O) groups excluding carboxylic acids is 1.